The molecule has 1 aliphatic carbocycles. The Morgan fingerprint density at radius 1 is 1.33 bits per heavy atom. The summed E-state index contributed by atoms with van der Waals surface area (Å²) in [6.07, 6.45) is 2.45. The summed E-state index contributed by atoms with van der Waals surface area (Å²) < 4.78 is 0. The monoisotopic (exact) mass is 297 g/mol. The molecule has 2 aliphatic rings. The van der Waals surface area contributed by atoms with Crippen LogP contribution in [0.5, 0.6) is 0 Å². The number of carbonyl (C=O) groups is 3. The molecule has 0 spiro atoms. The van der Waals surface area contributed by atoms with E-state index in [1.807, 2.05) is 13.8 Å². The predicted molar refractivity (Wildman–Crippen MR) is 75.7 cm³/mol. The predicted octanol–water partition coefficient (Wildman–Crippen LogP) is 0.407. The molecule has 21 heavy (non-hydrogen) atoms. The Bertz CT molecular complexity index is 448. The van der Waals surface area contributed by atoms with Crippen molar-refractivity contribution in [1.29, 1.82) is 0 Å². The Balaban J connectivity index is 1.83. The van der Waals surface area contributed by atoms with Crippen LogP contribution in [0.4, 0.5) is 4.79 Å². The van der Waals surface area contributed by atoms with Crippen LogP contribution in [0.2, 0.25) is 0 Å². The van der Waals surface area contributed by atoms with Crippen molar-refractivity contribution in [3.63, 3.8) is 0 Å². The Morgan fingerprint density at radius 2 is 2.00 bits per heavy atom. The SMILES string of the molecule is CC(C)C1(C(=O)O)CCN(C(=O)NCC(=O)NC2CC2)C1. The molecule has 2 rings (SSSR count). The van der Waals surface area contributed by atoms with Crippen LogP contribution in [0.3, 0.4) is 0 Å². The summed E-state index contributed by atoms with van der Waals surface area (Å²) in [5, 5.41) is 14.8. The molecule has 1 saturated carbocycles. The average molecular weight is 297 g/mol. The first-order valence-corrected chi connectivity index (χ1v) is 7.40. The maximum absolute atomic E-state index is 12.0. The highest BCUT2D eigenvalue weighted by molar-refractivity contribution is 5.85. The highest BCUT2D eigenvalue weighted by Gasteiger charge is 2.48. The minimum Gasteiger partial charge on any atom is -0.481 e. The van der Waals surface area contributed by atoms with Crippen molar-refractivity contribution in [2.75, 3.05) is 19.6 Å². The molecule has 0 bridgehead atoms. The number of nitrogens with zero attached hydrogens (tertiary/aromatic N) is 1. The molecule has 1 heterocycles. The number of carbonyl (C=O) groups excluding carboxylic acids is 2. The second kappa shape index (κ2) is 5.91. The van der Waals surface area contributed by atoms with E-state index in [2.05, 4.69) is 10.6 Å². The van der Waals surface area contributed by atoms with E-state index in [1.165, 1.54) is 4.90 Å². The summed E-state index contributed by atoms with van der Waals surface area (Å²) in [5.74, 6) is -1.11. The molecule has 0 aromatic carbocycles. The van der Waals surface area contributed by atoms with E-state index in [0.717, 1.165) is 12.8 Å². The van der Waals surface area contributed by atoms with E-state index in [4.69, 9.17) is 0 Å². The van der Waals surface area contributed by atoms with Crippen LogP contribution in [0.25, 0.3) is 0 Å². The lowest BCUT2D eigenvalue weighted by atomic mass is 9.76. The van der Waals surface area contributed by atoms with Gasteiger partial charge in [0.05, 0.1) is 12.0 Å². The molecular weight excluding hydrogens is 274 g/mol. The van der Waals surface area contributed by atoms with E-state index in [9.17, 15) is 19.5 Å². The number of likely N-dealkylation sites (tertiary alicyclic amines) is 1. The normalized spacial score (nSPS) is 25.0. The fraction of sp³-hybridized carbons (Fsp3) is 0.786. The molecule has 1 aliphatic heterocycles. The molecular formula is C14H23N3O4. The van der Waals surface area contributed by atoms with Gasteiger partial charge in [0.25, 0.3) is 0 Å². The maximum Gasteiger partial charge on any atom is 0.317 e. The summed E-state index contributed by atoms with van der Waals surface area (Å²) >= 11 is 0. The highest BCUT2D eigenvalue weighted by atomic mass is 16.4. The second-order valence-corrected chi connectivity index (χ2v) is 6.29. The molecule has 1 saturated heterocycles. The summed E-state index contributed by atoms with van der Waals surface area (Å²) in [4.78, 5) is 36.5. The number of hydrogen-bond donors (Lipinski definition) is 3. The smallest absolute Gasteiger partial charge is 0.317 e. The third kappa shape index (κ3) is 3.46. The molecule has 0 aromatic heterocycles. The van der Waals surface area contributed by atoms with E-state index >= 15 is 0 Å². The van der Waals surface area contributed by atoms with Crippen LogP contribution in [0.15, 0.2) is 0 Å². The minimum atomic E-state index is -0.881. The number of carboxylic acid groups (broad SMARTS) is 1. The first-order chi connectivity index (χ1) is 9.85. The van der Waals surface area contributed by atoms with Crippen LogP contribution < -0.4 is 10.6 Å². The fourth-order valence-corrected chi connectivity index (χ4v) is 2.67. The number of hydrogen-bond acceptors (Lipinski definition) is 3. The number of rotatable bonds is 5. The van der Waals surface area contributed by atoms with E-state index in [1.54, 1.807) is 0 Å². The van der Waals surface area contributed by atoms with Crippen LogP contribution >= 0.6 is 0 Å². The van der Waals surface area contributed by atoms with Gasteiger partial charge in [-0.05, 0) is 25.2 Å². The number of amides is 3. The van der Waals surface area contributed by atoms with Gasteiger partial charge in [0, 0.05) is 19.1 Å². The molecule has 7 nitrogen and oxygen atoms in total. The molecule has 3 amide bonds. The summed E-state index contributed by atoms with van der Waals surface area (Å²) in [7, 11) is 0. The molecule has 0 aromatic rings. The van der Waals surface area contributed by atoms with Crippen molar-refractivity contribution in [3.05, 3.63) is 0 Å². The van der Waals surface area contributed by atoms with Gasteiger partial charge in [-0.3, -0.25) is 9.59 Å². The van der Waals surface area contributed by atoms with Crippen molar-refractivity contribution >= 4 is 17.9 Å². The number of aliphatic carboxylic acids is 1. The topological polar surface area (TPSA) is 98.7 Å². The number of nitrogens with one attached hydrogen (secondary N) is 2. The maximum atomic E-state index is 12.0. The Kier molecular flexibility index (Phi) is 4.39. The van der Waals surface area contributed by atoms with E-state index in [-0.39, 0.29) is 37.0 Å². The van der Waals surface area contributed by atoms with Gasteiger partial charge in [-0.2, -0.15) is 0 Å². The van der Waals surface area contributed by atoms with E-state index < -0.39 is 11.4 Å². The van der Waals surface area contributed by atoms with Gasteiger partial charge in [0.1, 0.15) is 0 Å². The molecule has 0 radical (unpaired) electrons. The Morgan fingerprint density at radius 3 is 2.48 bits per heavy atom. The quantitative estimate of drug-likeness (QED) is 0.684. The molecule has 2 fully saturated rings. The van der Waals surface area contributed by atoms with Crippen molar-refractivity contribution in [2.24, 2.45) is 11.3 Å². The third-order valence-corrected chi connectivity index (χ3v) is 4.46. The van der Waals surface area contributed by atoms with Crippen LogP contribution in [0, 0.1) is 11.3 Å². The van der Waals surface area contributed by atoms with Gasteiger partial charge in [-0.15, -0.1) is 0 Å². The Hall–Kier alpha value is -1.79. The number of urea groups is 1. The molecule has 1 unspecified atom stereocenters. The minimum absolute atomic E-state index is 0.0500. The average Bonchev–Trinajstić information content (AvgIpc) is 3.09. The van der Waals surface area contributed by atoms with Gasteiger partial charge in [0.15, 0.2) is 0 Å². The zero-order valence-corrected chi connectivity index (χ0v) is 12.5. The molecule has 1 atom stereocenters. The van der Waals surface area contributed by atoms with Gasteiger partial charge in [0.2, 0.25) is 5.91 Å². The van der Waals surface area contributed by atoms with Gasteiger partial charge in [-0.25, -0.2) is 4.79 Å². The summed E-state index contributed by atoms with van der Waals surface area (Å²) in [5.41, 5.74) is -0.881. The largest absolute Gasteiger partial charge is 0.481 e. The van der Waals surface area contributed by atoms with Crippen LogP contribution in [-0.4, -0.2) is 53.6 Å². The Labute approximate surface area is 124 Å². The highest BCUT2D eigenvalue weighted by Crippen LogP contribution is 2.38. The summed E-state index contributed by atoms with van der Waals surface area (Å²) in [6.45, 7) is 4.25. The lowest BCUT2D eigenvalue weighted by Crippen LogP contribution is -2.46. The third-order valence-electron chi connectivity index (χ3n) is 4.46. The lowest BCUT2D eigenvalue weighted by Gasteiger charge is -2.28. The molecule has 118 valence electrons. The van der Waals surface area contributed by atoms with Gasteiger partial charge < -0.3 is 20.6 Å². The van der Waals surface area contributed by atoms with Gasteiger partial charge in [-0.1, -0.05) is 13.8 Å². The van der Waals surface area contributed by atoms with Crippen molar-refractivity contribution in [1.82, 2.24) is 15.5 Å². The van der Waals surface area contributed by atoms with Crippen LogP contribution in [0.1, 0.15) is 33.1 Å². The van der Waals surface area contributed by atoms with Crippen molar-refractivity contribution < 1.29 is 19.5 Å². The lowest BCUT2D eigenvalue weighted by molar-refractivity contribution is -0.150. The number of carboxylic acids is 1. The first-order valence-electron chi connectivity index (χ1n) is 7.40. The first kappa shape index (κ1) is 15.6. The van der Waals surface area contributed by atoms with E-state index in [0.29, 0.717) is 13.0 Å². The molecule has 3 N–H and O–H groups in total. The van der Waals surface area contributed by atoms with Crippen LogP contribution in [-0.2, 0) is 9.59 Å². The fourth-order valence-electron chi connectivity index (χ4n) is 2.67. The zero-order valence-electron chi connectivity index (χ0n) is 12.5. The van der Waals surface area contributed by atoms with Crippen molar-refractivity contribution in [2.45, 2.75) is 39.2 Å². The second-order valence-electron chi connectivity index (χ2n) is 6.29. The van der Waals surface area contributed by atoms with Crippen molar-refractivity contribution in [3.8, 4) is 0 Å². The molecule has 7 heteroatoms. The standard InChI is InChI=1S/C14H23N3O4/c1-9(2)14(12(19)20)5-6-17(8-14)13(21)15-7-11(18)16-10-3-4-10/h9-10H,3-8H2,1-2H3,(H,15,21)(H,16,18)(H,19,20). The summed E-state index contributed by atoms with van der Waals surface area (Å²) in [6, 6.07) is -0.105. The zero-order chi connectivity index (χ0) is 15.6. The van der Waals surface area contributed by atoms with Gasteiger partial charge >= 0.3 is 12.0 Å².